The van der Waals surface area contributed by atoms with E-state index in [4.69, 9.17) is 0 Å². The minimum Gasteiger partial charge on any atom is -0.356 e. The maximum absolute atomic E-state index is 4.60. The molecule has 0 saturated heterocycles. The average Bonchev–Trinajstić information content (AvgIpc) is 3.13. The molecule has 4 rings (SSSR count). The zero-order valence-corrected chi connectivity index (χ0v) is 12.3. The van der Waals surface area contributed by atoms with Crippen LogP contribution in [0.1, 0.15) is 29.1 Å². The third kappa shape index (κ3) is 1.73. The van der Waals surface area contributed by atoms with E-state index in [2.05, 4.69) is 25.6 Å². The Hall–Kier alpha value is -1.89. The van der Waals surface area contributed by atoms with E-state index < -0.39 is 0 Å². The molecule has 3 aromatic heterocycles. The number of aromatic nitrogens is 5. The molecule has 0 unspecified atom stereocenters. The lowest BCUT2D eigenvalue weighted by atomic mass is 10.2. The smallest absolute Gasteiger partial charge is 0.185 e. The Morgan fingerprint density at radius 1 is 1.40 bits per heavy atom. The highest BCUT2D eigenvalue weighted by molar-refractivity contribution is 7.22. The van der Waals surface area contributed by atoms with E-state index >= 15 is 0 Å². The lowest BCUT2D eigenvalue weighted by Gasteiger charge is -2.01. The van der Waals surface area contributed by atoms with Crippen LogP contribution in [0.2, 0.25) is 0 Å². The molecular formula is C13H16N6S. The number of hydrogen-bond acceptors (Lipinski definition) is 5. The predicted octanol–water partition coefficient (Wildman–Crippen LogP) is 2.16. The van der Waals surface area contributed by atoms with Gasteiger partial charge in [-0.1, -0.05) is 11.3 Å². The molecule has 0 atom stereocenters. The van der Waals surface area contributed by atoms with Crippen LogP contribution in [0.5, 0.6) is 0 Å². The van der Waals surface area contributed by atoms with Crippen LogP contribution in [0.15, 0.2) is 0 Å². The van der Waals surface area contributed by atoms with Gasteiger partial charge in [-0.3, -0.25) is 5.10 Å². The summed E-state index contributed by atoms with van der Waals surface area (Å²) in [4.78, 5) is 4.60. The molecule has 0 bridgehead atoms. The molecule has 1 aliphatic carbocycles. The first kappa shape index (κ1) is 11.9. The highest BCUT2D eigenvalue weighted by Crippen LogP contribution is 2.29. The fourth-order valence-electron chi connectivity index (χ4n) is 2.85. The molecule has 2 N–H and O–H groups in total. The van der Waals surface area contributed by atoms with Gasteiger partial charge in [0.15, 0.2) is 10.8 Å². The number of aryl methyl sites for hydroxylation is 3. The number of H-pyrrole nitrogens is 1. The van der Waals surface area contributed by atoms with Crippen LogP contribution in [0.3, 0.4) is 0 Å². The van der Waals surface area contributed by atoms with Gasteiger partial charge in [0.05, 0.1) is 22.6 Å². The lowest BCUT2D eigenvalue weighted by molar-refractivity contribution is 0.774. The van der Waals surface area contributed by atoms with Crippen LogP contribution in [0, 0.1) is 6.92 Å². The Labute approximate surface area is 120 Å². The van der Waals surface area contributed by atoms with E-state index in [0.29, 0.717) is 0 Å². The van der Waals surface area contributed by atoms with Crippen LogP contribution < -0.4 is 5.32 Å². The molecule has 7 heteroatoms. The number of thiazole rings is 1. The van der Waals surface area contributed by atoms with Gasteiger partial charge in [0.25, 0.3) is 0 Å². The molecule has 0 fully saturated rings. The second-order valence-corrected chi connectivity index (χ2v) is 6.21. The van der Waals surface area contributed by atoms with E-state index in [-0.39, 0.29) is 0 Å². The minimum atomic E-state index is 0.734. The number of hydrogen-bond donors (Lipinski definition) is 2. The summed E-state index contributed by atoms with van der Waals surface area (Å²) in [6.07, 6.45) is 3.52. The quantitative estimate of drug-likeness (QED) is 0.775. The summed E-state index contributed by atoms with van der Waals surface area (Å²) in [6.45, 7) is 2.75. The first-order chi connectivity index (χ1) is 9.72. The van der Waals surface area contributed by atoms with E-state index in [0.717, 1.165) is 46.3 Å². The summed E-state index contributed by atoms with van der Waals surface area (Å²) in [5.41, 5.74) is 5.82. The summed E-state index contributed by atoms with van der Waals surface area (Å²) >= 11 is 1.66. The summed E-state index contributed by atoms with van der Waals surface area (Å²) in [7, 11) is 1.93. The molecule has 0 amide bonds. The van der Waals surface area contributed by atoms with E-state index in [1.165, 1.54) is 17.7 Å². The van der Waals surface area contributed by atoms with Crippen molar-refractivity contribution < 1.29 is 0 Å². The van der Waals surface area contributed by atoms with Crippen molar-refractivity contribution in [3.8, 4) is 0 Å². The number of nitrogens with one attached hydrogen (secondary N) is 2. The Kier molecular flexibility index (Phi) is 2.56. The van der Waals surface area contributed by atoms with Crippen molar-refractivity contribution in [2.24, 2.45) is 7.05 Å². The fourth-order valence-corrected chi connectivity index (χ4v) is 3.78. The van der Waals surface area contributed by atoms with Crippen molar-refractivity contribution >= 4 is 26.8 Å². The van der Waals surface area contributed by atoms with Crippen LogP contribution in [0.4, 0.5) is 5.13 Å². The molecule has 0 saturated carbocycles. The molecule has 0 aliphatic heterocycles. The maximum Gasteiger partial charge on any atom is 0.185 e. The molecule has 0 spiro atoms. The van der Waals surface area contributed by atoms with Gasteiger partial charge in [0, 0.05) is 12.7 Å². The minimum absolute atomic E-state index is 0.734. The van der Waals surface area contributed by atoms with Crippen LogP contribution in [-0.2, 0) is 26.4 Å². The fraction of sp³-hybridized carbons (Fsp3) is 0.462. The van der Waals surface area contributed by atoms with Crippen molar-refractivity contribution in [2.75, 3.05) is 5.32 Å². The molecular weight excluding hydrogens is 272 g/mol. The molecule has 1 aliphatic rings. The summed E-state index contributed by atoms with van der Waals surface area (Å²) in [5.74, 6) is 0. The Bertz CT molecular complexity index is 746. The van der Waals surface area contributed by atoms with E-state index in [1.807, 2.05) is 18.7 Å². The number of aromatic amines is 1. The summed E-state index contributed by atoms with van der Waals surface area (Å²) < 4.78 is 2.99. The Morgan fingerprint density at radius 3 is 3.15 bits per heavy atom. The SMILES string of the molecule is Cc1nn(C)c2nc(NCc3n[nH]c4c3CCC4)sc12. The van der Waals surface area contributed by atoms with Crippen molar-refractivity contribution in [2.45, 2.75) is 32.7 Å². The number of anilines is 1. The third-order valence-corrected chi connectivity index (χ3v) is 4.95. The third-order valence-electron chi connectivity index (χ3n) is 3.84. The predicted molar refractivity (Wildman–Crippen MR) is 79.1 cm³/mol. The van der Waals surface area contributed by atoms with Crippen molar-refractivity contribution in [1.29, 1.82) is 0 Å². The van der Waals surface area contributed by atoms with Gasteiger partial charge in [-0.05, 0) is 31.7 Å². The van der Waals surface area contributed by atoms with Gasteiger partial charge >= 0.3 is 0 Å². The van der Waals surface area contributed by atoms with Crippen LogP contribution in [0.25, 0.3) is 10.3 Å². The average molecular weight is 288 g/mol. The lowest BCUT2D eigenvalue weighted by Crippen LogP contribution is -2.02. The van der Waals surface area contributed by atoms with Crippen molar-refractivity contribution in [3.05, 3.63) is 22.6 Å². The molecule has 3 heterocycles. The van der Waals surface area contributed by atoms with Crippen molar-refractivity contribution in [1.82, 2.24) is 25.0 Å². The molecule has 104 valence electrons. The maximum atomic E-state index is 4.60. The van der Waals surface area contributed by atoms with Gasteiger partial charge in [-0.25, -0.2) is 9.67 Å². The van der Waals surface area contributed by atoms with E-state index in [9.17, 15) is 0 Å². The Balaban J connectivity index is 1.57. The van der Waals surface area contributed by atoms with Crippen LogP contribution >= 0.6 is 11.3 Å². The van der Waals surface area contributed by atoms with Crippen LogP contribution in [-0.4, -0.2) is 25.0 Å². The largest absolute Gasteiger partial charge is 0.356 e. The Morgan fingerprint density at radius 2 is 2.30 bits per heavy atom. The van der Waals surface area contributed by atoms with Gasteiger partial charge < -0.3 is 5.32 Å². The molecule has 0 aromatic carbocycles. The topological polar surface area (TPSA) is 71.4 Å². The monoisotopic (exact) mass is 288 g/mol. The zero-order chi connectivity index (χ0) is 13.7. The number of nitrogens with zero attached hydrogens (tertiary/aromatic N) is 4. The molecule has 20 heavy (non-hydrogen) atoms. The van der Waals surface area contributed by atoms with Gasteiger partial charge in [0.2, 0.25) is 0 Å². The second-order valence-electron chi connectivity index (χ2n) is 5.22. The highest BCUT2D eigenvalue weighted by atomic mass is 32.1. The van der Waals surface area contributed by atoms with Gasteiger partial charge in [-0.2, -0.15) is 10.2 Å². The molecule has 3 aromatic rings. The molecule has 0 radical (unpaired) electrons. The standard InChI is InChI=1S/C13H16N6S/c1-7-11-12(19(2)18-7)15-13(20-11)14-6-10-8-4-3-5-9(8)16-17-10/h3-6H2,1-2H3,(H,14,15)(H,16,17). The van der Waals surface area contributed by atoms with Gasteiger partial charge in [0.1, 0.15) is 0 Å². The normalized spacial score (nSPS) is 14.1. The number of fused-ring (bicyclic) bond motifs is 2. The highest BCUT2D eigenvalue weighted by Gasteiger charge is 2.18. The second kappa shape index (κ2) is 4.31. The zero-order valence-electron chi connectivity index (χ0n) is 11.5. The summed E-state index contributed by atoms with van der Waals surface area (Å²) in [5, 5.41) is 16.2. The number of rotatable bonds is 3. The first-order valence-electron chi connectivity index (χ1n) is 6.81. The van der Waals surface area contributed by atoms with Crippen molar-refractivity contribution in [3.63, 3.8) is 0 Å². The summed E-state index contributed by atoms with van der Waals surface area (Å²) in [6, 6.07) is 0. The molecule has 6 nitrogen and oxygen atoms in total. The van der Waals surface area contributed by atoms with E-state index in [1.54, 1.807) is 11.3 Å². The first-order valence-corrected chi connectivity index (χ1v) is 7.63. The van der Waals surface area contributed by atoms with Gasteiger partial charge in [-0.15, -0.1) is 0 Å².